The van der Waals surface area contributed by atoms with Gasteiger partial charge in [0.1, 0.15) is 0 Å². The highest BCUT2D eigenvalue weighted by molar-refractivity contribution is 7.92. The Morgan fingerprint density at radius 2 is 1.67 bits per heavy atom. The van der Waals surface area contributed by atoms with E-state index < -0.39 is 10.0 Å². The van der Waals surface area contributed by atoms with E-state index in [9.17, 15) is 13.2 Å². The molecule has 6 nitrogen and oxygen atoms in total. The van der Waals surface area contributed by atoms with Crippen LogP contribution in [0.5, 0.6) is 0 Å². The van der Waals surface area contributed by atoms with Crippen LogP contribution in [-0.2, 0) is 21.2 Å². The van der Waals surface area contributed by atoms with Crippen molar-refractivity contribution in [3.63, 3.8) is 0 Å². The van der Waals surface area contributed by atoms with E-state index in [0.29, 0.717) is 26.2 Å². The number of nitrogens with zero attached hydrogens (tertiary/aromatic N) is 2. The smallest absolute Gasteiger partial charge is 0.284 e. The number of para-hydroxylation sites is 1. The van der Waals surface area contributed by atoms with Crippen molar-refractivity contribution in [2.45, 2.75) is 19.4 Å². The van der Waals surface area contributed by atoms with Gasteiger partial charge in [-0.3, -0.25) is 4.79 Å². The van der Waals surface area contributed by atoms with Crippen LogP contribution >= 0.6 is 0 Å². The zero-order chi connectivity index (χ0) is 21.1. The molecule has 1 saturated heterocycles. The lowest BCUT2D eigenvalue weighted by Crippen LogP contribution is -3.19. The van der Waals surface area contributed by atoms with Gasteiger partial charge in [0.2, 0.25) is 10.0 Å². The minimum atomic E-state index is -3.46. The molecule has 1 atom stereocenters. The summed E-state index contributed by atoms with van der Waals surface area (Å²) >= 11 is 0. The molecular weight excluding hydrogens is 398 g/mol. The third-order valence-corrected chi connectivity index (χ3v) is 7.66. The molecule has 7 heteroatoms. The lowest BCUT2D eigenvalue weighted by atomic mass is 10.1. The molecule has 0 saturated carbocycles. The van der Waals surface area contributed by atoms with Gasteiger partial charge in [-0.25, -0.2) is 8.42 Å². The number of sulfonamides is 1. The molecule has 0 aliphatic carbocycles. The highest BCUT2D eigenvalue weighted by Gasteiger charge is 2.36. The first kappa shape index (κ1) is 20.8. The molecule has 2 heterocycles. The van der Waals surface area contributed by atoms with Gasteiger partial charge in [0, 0.05) is 17.6 Å². The van der Waals surface area contributed by atoms with Crippen LogP contribution in [0.25, 0.3) is 6.08 Å². The van der Waals surface area contributed by atoms with Crippen LogP contribution in [0.2, 0.25) is 0 Å². The predicted octanol–water partition coefficient (Wildman–Crippen LogP) is 1.17. The van der Waals surface area contributed by atoms with Gasteiger partial charge in [0.15, 0.2) is 6.04 Å². The maximum atomic E-state index is 13.1. The third-order valence-electron chi connectivity index (χ3n) is 6.09. The summed E-state index contributed by atoms with van der Waals surface area (Å²) in [4.78, 5) is 16.1. The second-order valence-corrected chi connectivity index (χ2v) is 9.72. The summed E-state index contributed by atoms with van der Waals surface area (Å²) in [6.07, 6.45) is 2.52. The van der Waals surface area contributed by atoms with Crippen LogP contribution in [0.15, 0.2) is 60.0 Å². The zero-order valence-electron chi connectivity index (χ0n) is 17.2. The number of carbonyl (C=O) groups is 1. The van der Waals surface area contributed by atoms with Crippen LogP contribution in [0.1, 0.15) is 18.1 Å². The number of carbonyl (C=O) groups excluding carboxylic acids is 1. The summed E-state index contributed by atoms with van der Waals surface area (Å²) in [5, 5.41) is 1.28. The van der Waals surface area contributed by atoms with Gasteiger partial charge in [0.25, 0.3) is 5.91 Å². The van der Waals surface area contributed by atoms with Crippen molar-refractivity contribution in [2.24, 2.45) is 0 Å². The lowest BCUT2D eigenvalue weighted by molar-refractivity contribution is -0.917. The van der Waals surface area contributed by atoms with Crippen molar-refractivity contribution >= 4 is 27.7 Å². The Morgan fingerprint density at radius 3 is 2.40 bits per heavy atom. The number of hydrogen-bond donors (Lipinski definition) is 1. The topological polar surface area (TPSA) is 62.1 Å². The van der Waals surface area contributed by atoms with Crippen LogP contribution in [-0.4, -0.2) is 57.4 Å². The van der Waals surface area contributed by atoms with Gasteiger partial charge in [-0.15, -0.1) is 0 Å². The number of nitrogens with one attached hydrogen (secondary N) is 1. The quantitative estimate of drug-likeness (QED) is 0.781. The third kappa shape index (κ3) is 4.33. The maximum Gasteiger partial charge on any atom is 0.284 e. The molecule has 0 radical (unpaired) electrons. The first-order valence-corrected chi connectivity index (χ1v) is 11.9. The van der Waals surface area contributed by atoms with E-state index in [0.717, 1.165) is 29.1 Å². The van der Waals surface area contributed by atoms with Crippen molar-refractivity contribution in [1.29, 1.82) is 0 Å². The highest BCUT2D eigenvalue weighted by Crippen LogP contribution is 2.27. The van der Waals surface area contributed by atoms with Gasteiger partial charge in [-0.2, -0.15) is 4.31 Å². The number of quaternary nitrogens is 1. The fraction of sp³-hybridized carbons (Fsp3) is 0.348. The second kappa shape index (κ2) is 8.71. The molecule has 2 aliphatic rings. The molecule has 4 rings (SSSR count). The van der Waals surface area contributed by atoms with Crippen molar-refractivity contribution in [3.8, 4) is 0 Å². The van der Waals surface area contributed by atoms with Gasteiger partial charge >= 0.3 is 0 Å². The van der Waals surface area contributed by atoms with Gasteiger partial charge in [-0.1, -0.05) is 48.5 Å². The summed E-state index contributed by atoms with van der Waals surface area (Å²) in [6.45, 7) is 4.77. The monoisotopic (exact) mass is 426 g/mol. The summed E-state index contributed by atoms with van der Waals surface area (Å²) in [6, 6.07) is 17.3. The van der Waals surface area contributed by atoms with Crippen molar-refractivity contribution in [3.05, 3.63) is 71.1 Å². The van der Waals surface area contributed by atoms with E-state index in [1.807, 2.05) is 60.4 Å². The molecule has 158 valence electrons. The number of amides is 1. The van der Waals surface area contributed by atoms with E-state index in [1.54, 1.807) is 6.08 Å². The first-order chi connectivity index (χ1) is 14.5. The first-order valence-electron chi connectivity index (χ1n) is 10.4. The fourth-order valence-corrected chi connectivity index (χ4v) is 5.44. The molecule has 2 aromatic rings. The summed E-state index contributed by atoms with van der Waals surface area (Å²) in [5.41, 5.74) is 3.09. The van der Waals surface area contributed by atoms with E-state index in [1.165, 1.54) is 15.3 Å². The minimum Gasteiger partial charge on any atom is -0.323 e. The molecule has 0 unspecified atom stereocenters. The molecular formula is C23H28N3O3S+. The van der Waals surface area contributed by atoms with Crippen LogP contribution in [0.4, 0.5) is 5.69 Å². The summed E-state index contributed by atoms with van der Waals surface area (Å²) in [5.74, 6) is 0.121. The Labute approximate surface area is 178 Å². The molecule has 0 spiro atoms. The van der Waals surface area contributed by atoms with Crippen molar-refractivity contribution in [2.75, 3.05) is 37.6 Å². The molecule has 1 fully saturated rings. The molecule has 30 heavy (non-hydrogen) atoms. The minimum absolute atomic E-state index is 0.121. The molecule has 1 N–H and O–H groups in total. The number of fused-ring (bicyclic) bond motifs is 1. The largest absolute Gasteiger partial charge is 0.323 e. The van der Waals surface area contributed by atoms with Gasteiger partial charge in [-0.05, 0) is 36.6 Å². The number of benzene rings is 2. The molecule has 0 bridgehead atoms. The predicted molar refractivity (Wildman–Crippen MR) is 119 cm³/mol. The summed E-state index contributed by atoms with van der Waals surface area (Å²) in [7, 11) is -3.46. The van der Waals surface area contributed by atoms with E-state index in [4.69, 9.17) is 0 Å². The SMILES string of the molecule is C[C@@H](C(=O)N1CCc2ccccc21)[NH+]1CCN(S(=O)(=O)/C=C/c2ccccc2)CC1. The fourth-order valence-electron chi connectivity index (χ4n) is 4.25. The molecule has 2 aliphatic heterocycles. The van der Waals surface area contributed by atoms with Crippen LogP contribution < -0.4 is 9.80 Å². The number of anilines is 1. The average Bonchev–Trinajstić information content (AvgIpc) is 3.22. The lowest BCUT2D eigenvalue weighted by Gasteiger charge is -2.35. The number of rotatable bonds is 5. The Bertz CT molecular complexity index is 1030. The maximum absolute atomic E-state index is 13.1. The van der Waals surface area contributed by atoms with Crippen molar-refractivity contribution in [1.82, 2.24) is 4.31 Å². The second-order valence-electron chi connectivity index (χ2n) is 7.91. The van der Waals surface area contributed by atoms with Crippen LogP contribution in [0, 0.1) is 0 Å². The summed E-state index contributed by atoms with van der Waals surface area (Å²) < 4.78 is 26.9. The Hall–Kier alpha value is -2.48. The van der Waals surface area contributed by atoms with Crippen LogP contribution in [0.3, 0.4) is 0 Å². The normalized spacial score (nSPS) is 19.2. The number of hydrogen-bond acceptors (Lipinski definition) is 3. The standard InChI is InChI=1S/C23H27N3O3S/c1-19(23(27)26-13-11-21-9-5-6-10-22(21)26)24-14-16-25(17-15-24)30(28,29)18-12-20-7-3-2-4-8-20/h2-10,12,18-19H,11,13-17H2,1H3/p+1/b18-12+/t19-/m0/s1. The Morgan fingerprint density at radius 1 is 1.00 bits per heavy atom. The van der Waals surface area contributed by atoms with E-state index >= 15 is 0 Å². The highest BCUT2D eigenvalue weighted by atomic mass is 32.2. The Kier molecular flexibility index (Phi) is 6.04. The Balaban J connectivity index is 1.36. The molecule has 0 aromatic heterocycles. The number of piperazine rings is 1. The van der Waals surface area contributed by atoms with Gasteiger partial charge in [0.05, 0.1) is 26.2 Å². The van der Waals surface area contributed by atoms with Gasteiger partial charge < -0.3 is 9.80 Å². The zero-order valence-corrected chi connectivity index (χ0v) is 18.0. The molecule has 2 aromatic carbocycles. The average molecular weight is 427 g/mol. The van der Waals surface area contributed by atoms with E-state index in [-0.39, 0.29) is 11.9 Å². The van der Waals surface area contributed by atoms with Crippen molar-refractivity contribution < 1.29 is 18.1 Å². The van der Waals surface area contributed by atoms with E-state index in [2.05, 4.69) is 6.07 Å². The molecule has 1 amide bonds.